The van der Waals surface area contributed by atoms with Crippen LogP contribution in [0.1, 0.15) is 56.2 Å². The van der Waals surface area contributed by atoms with Crippen molar-refractivity contribution in [1.82, 2.24) is 0 Å². The molecule has 1 aliphatic rings. The summed E-state index contributed by atoms with van der Waals surface area (Å²) in [5, 5.41) is -1.41. The molecule has 17 heteroatoms. The molecule has 1 unspecified atom stereocenters. The summed E-state index contributed by atoms with van der Waals surface area (Å²) in [4.78, 5) is 0. The molecule has 1 atom stereocenters. The molecule has 286 valence electrons. The van der Waals surface area contributed by atoms with Crippen molar-refractivity contribution in [2.75, 3.05) is 0 Å². The molecule has 4 aromatic carbocycles. The number of aryl methyl sites for hydroxylation is 3. The molecule has 0 radical (unpaired) electrons. The Morgan fingerprint density at radius 2 is 0.796 bits per heavy atom. The van der Waals surface area contributed by atoms with Crippen LogP contribution in [-0.4, -0.2) is 6.15 Å². The van der Waals surface area contributed by atoms with E-state index in [1.165, 1.54) is 32.9 Å². The van der Waals surface area contributed by atoms with Gasteiger partial charge in [-0.15, -0.1) is 16.4 Å². The highest BCUT2D eigenvalue weighted by Crippen LogP contribution is 2.88. The number of unbranched alkanes of at least 4 members (excludes halogenated alkanes) is 1. The Morgan fingerprint density at radius 1 is 0.481 bits per heavy atom. The normalized spacial score (nSPS) is 15.6. The molecule has 0 spiro atoms. The third kappa shape index (κ3) is 5.55. The summed E-state index contributed by atoms with van der Waals surface area (Å²) in [6.07, 6.45) is -6.12. The summed E-state index contributed by atoms with van der Waals surface area (Å²) in [6, 6.07) is 2.99. The number of hydrogen-bond donors (Lipinski definition) is 0. The molecule has 0 amide bonds. The van der Waals surface area contributed by atoms with Gasteiger partial charge in [-0.3, -0.25) is 0 Å². The number of benzene rings is 4. The molecular weight excluding hydrogens is 771 g/mol. The predicted octanol–water partition coefficient (Wildman–Crippen LogP) is 9.84. The van der Waals surface area contributed by atoms with Crippen LogP contribution in [0.4, 0.5) is 65.9 Å². The molecule has 0 bridgehead atoms. The van der Waals surface area contributed by atoms with E-state index >= 15 is 52.7 Å². The van der Waals surface area contributed by atoms with Gasteiger partial charge in [0.2, 0.25) is 0 Å². The van der Waals surface area contributed by atoms with E-state index in [2.05, 4.69) is 11.6 Å². The van der Waals surface area contributed by atoms with Crippen molar-refractivity contribution in [3.05, 3.63) is 127 Å². The van der Waals surface area contributed by atoms with E-state index < -0.39 is 129 Å². The highest BCUT2D eigenvalue weighted by atomic mass is 31.2. The largest absolute Gasteiger partial charge is 0.207 e. The van der Waals surface area contributed by atoms with E-state index in [1.54, 1.807) is 13.8 Å². The summed E-state index contributed by atoms with van der Waals surface area (Å²) in [5.74, 6) is -42.5. The molecule has 0 N–H and O–H groups in total. The van der Waals surface area contributed by atoms with Gasteiger partial charge < -0.3 is 0 Å². The standard InChI is InChI=1S/C37H25BF15P/c1-6-8-9-11-54(36-15(4)12-14(3)13-16(36)5)17(10-7-2)37(54)38(18-21(39)27(45)33(51)28(46)22(18)40,19-23(41)29(47)34(52)30(48)24(19)42)20-25(43)31(49)35(53)32(50)26(20)44/h12-13H,6-8,10H2,1-5H3. The monoisotopic (exact) mass is 796 g/mol. The van der Waals surface area contributed by atoms with Crippen molar-refractivity contribution in [2.45, 2.75) is 60.3 Å². The van der Waals surface area contributed by atoms with Crippen molar-refractivity contribution in [3.63, 3.8) is 0 Å². The molecule has 0 nitrogen and oxygen atoms in total. The van der Waals surface area contributed by atoms with Gasteiger partial charge in [-0.1, -0.05) is 37.5 Å². The Morgan fingerprint density at radius 3 is 1.09 bits per heavy atom. The third-order valence-corrected chi connectivity index (χ3v) is 13.8. The molecular formula is C37H25BF15P. The van der Waals surface area contributed by atoms with Crippen molar-refractivity contribution < 1.29 is 65.9 Å². The van der Waals surface area contributed by atoms with Crippen molar-refractivity contribution in [2.24, 2.45) is 0 Å². The maximum absolute atomic E-state index is 16.5. The topological polar surface area (TPSA) is 0 Å². The number of allylic oxidation sites excluding steroid dienone is 1. The fraction of sp³-hybridized carbons (Fsp3) is 0.243. The average molecular weight is 796 g/mol. The van der Waals surface area contributed by atoms with Crippen LogP contribution < -0.4 is 21.7 Å². The third-order valence-electron chi connectivity index (χ3n) is 9.53. The Hall–Kier alpha value is -4.38. The van der Waals surface area contributed by atoms with Gasteiger partial charge in [-0.2, -0.15) is 0 Å². The lowest BCUT2D eigenvalue weighted by atomic mass is 9.15. The van der Waals surface area contributed by atoms with E-state index in [4.69, 9.17) is 0 Å². The number of rotatable bonds is 8. The van der Waals surface area contributed by atoms with Crippen LogP contribution in [0, 0.1) is 120 Å². The van der Waals surface area contributed by atoms with E-state index in [9.17, 15) is 13.2 Å². The highest BCUT2D eigenvalue weighted by Gasteiger charge is 2.71. The smallest absolute Gasteiger partial charge is 0.200 e. The Bertz CT molecular complexity index is 2100. The zero-order valence-corrected chi connectivity index (χ0v) is 29.6. The molecule has 54 heavy (non-hydrogen) atoms. The van der Waals surface area contributed by atoms with Gasteiger partial charge in [-0.05, 0) is 50.0 Å². The quantitative estimate of drug-likeness (QED) is 0.0416. The Balaban J connectivity index is 2.31. The molecule has 1 heterocycles. The van der Waals surface area contributed by atoms with E-state index in [1.807, 2.05) is 0 Å². The molecule has 5 rings (SSSR count). The minimum atomic E-state index is -5.89. The molecule has 4 aromatic rings. The summed E-state index contributed by atoms with van der Waals surface area (Å²) < 4.78 is 235. The van der Waals surface area contributed by atoms with Crippen LogP contribution >= 0.6 is 7.26 Å². The Kier molecular flexibility index (Phi) is 10.9. The SMILES string of the molecule is CCCC#C[P+]1(c2c(C)cc(C)cc2C)C(CCC)=C1[B-](c1c(F)c(F)c(F)c(F)c1F)(c1c(F)c(F)c(F)c(F)c1F)c1c(F)c(F)c(F)c(F)c1F. The molecule has 0 saturated carbocycles. The lowest BCUT2D eigenvalue weighted by molar-refractivity contribution is 0.380. The second kappa shape index (κ2) is 14.4. The first kappa shape index (κ1) is 40.8. The molecule has 0 saturated heterocycles. The van der Waals surface area contributed by atoms with Crippen LogP contribution in [0.25, 0.3) is 0 Å². The second-order valence-corrected chi connectivity index (χ2v) is 15.9. The zero-order valence-electron chi connectivity index (χ0n) is 28.7. The van der Waals surface area contributed by atoms with Gasteiger partial charge in [0.25, 0.3) is 0 Å². The maximum atomic E-state index is 16.5. The zero-order chi connectivity index (χ0) is 40.5. The van der Waals surface area contributed by atoms with Crippen LogP contribution in [0.15, 0.2) is 22.7 Å². The summed E-state index contributed by atoms with van der Waals surface area (Å²) >= 11 is 0. The first-order chi connectivity index (χ1) is 25.2. The average Bonchev–Trinajstić information content (AvgIpc) is 3.75. The van der Waals surface area contributed by atoms with Gasteiger partial charge >= 0.3 is 0 Å². The van der Waals surface area contributed by atoms with Crippen molar-refractivity contribution >= 4 is 35.1 Å². The number of hydrogen-bond acceptors (Lipinski definition) is 0. The molecule has 1 aliphatic heterocycles. The van der Waals surface area contributed by atoms with Crippen LogP contribution in [0.5, 0.6) is 0 Å². The Labute approximate surface area is 299 Å². The minimum Gasteiger partial charge on any atom is -0.207 e. The minimum absolute atomic E-state index is 0.0219. The van der Waals surface area contributed by atoms with Crippen LogP contribution in [0.2, 0.25) is 0 Å². The molecule has 0 aliphatic carbocycles. The van der Waals surface area contributed by atoms with Crippen LogP contribution in [-0.2, 0) is 0 Å². The predicted molar refractivity (Wildman–Crippen MR) is 175 cm³/mol. The lowest BCUT2D eigenvalue weighted by Crippen LogP contribution is -2.73. The highest BCUT2D eigenvalue weighted by molar-refractivity contribution is 8.04. The van der Waals surface area contributed by atoms with Gasteiger partial charge in [0.1, 0.15) is 47.5 Å². The van der Waals surface area contributed by atoms with Crippen molar-refractivity contribution in [3.8, 4) is 11.6 Å². The van der Waals surface area contributed by atoms with E-state index in [0.717, 1.165) is 0 Å². The first-order valence-electron chi connectivity index (χ1n) is 16.2. The van der Waals surface area contributed by atoms with Crippen molar-refractivity contribution in [1.29, 1.82) is 0 Å². The van der Waals surface area contributed by atoms with Gasteiger partial charge in [-0.25, -0.2) is 65.9 Å². The van der Waals surface area contributed by atoms with Gasteiger partial charge in [0, 0.05) is 12.8 Å². The van der Waals surface area contributed by atoms with Crippen LogP contribution in [0.3, 0.4) is 0 Å². The summed E-state index contributed by atoms with van der Waals surface area (Å²) in [5.41, 5.74) is -4.04. The van der Waals surface area contributed by atoms with Gasteiger partial charge in [0.15, 0.2) is 58.5 Å². The summed E-state index contributed by atoms with van der Waals surface area (Å²) in [6.45, 7) is 7.54. The molecule has 0 aromatic heterocycles. The lowest BCUT2D eigenvalue weighted by Gasteiger charge is -2.41. The fourth-order valence-corrected chi connectivity index (χ4v) is 12.8. The van der Waals surface area contributed by atoms with Gasteiger partial charge in [0.05, 0.1) is 11.0 Å². The van der Waals surface area contributed by atoms with E-state index in [-0.39, 0.29) is 34.6 Å². The fourth-order valence-electron chi connectivity index (χ4n) is 7.67. The number of halogens is 15. The first-order valence-corrected chi connectivity index (χ1v) is 17.9. The summed E-state index contributed by atoms with van der Waals surface area (Å²) in [7, 11) is -4.29. The maximum Gasteiger partial charge on any atom is 0.200 e. The van der Waals surface area contributed by atoms with E-state index in [0.29, 0.717) is 12.0 Å². The molecule has 0 fully saturated rings. The second-order valence-electron chi connectivity index (χ2n) is 12.9.